The molecule has 0 amide bonds. The lowest BCUT2D eigenvalue weighted by Gasteiger charge is -2.32. The van der Waals surface area contributed by atoms with E-state index >= 15 is 0 Å². The van der Waals surface area contributed by atoms with Crippen molar-refractivity contribution < 1.29 is 14.6 Å². The summed E-state index contributed by atoms with van der Waals surface area (Å²) in [5.74, 6) is 0.736. The molecule has 0 aliphatic carbocycles. The molecular weight excluding hydrogens is 516 g/mol. The fourth-order valence-corrected chi connectivity index (χ4v) is 6.10. The van der Waals surface area contributed by atoms with E-state index in [4.69, 9.17) is 14.5 Å². The Morgan fingerprint density at radius 3 is 2.27 bits per heavy atom. The molecule has 0 spiro atoms. The molecule has 1 N–H and O–H groups in total. The Morgan fingerprint density at radius 1 is 0.925 bits per heavy atom. The van der Waals surface area contributed by atoms with Gasteiger partial charge in [-0.25, -0.2) is 0 Å². The van der Waals surface area contributed by atoms with E-state index in [0.717, 1.165) is 53.9 Å². The first-order valence-corrected chi connectivity index (χ1v) is 15.2. The third kappa shape index (κ3) is 8.06. The van der Waals surface area contributed by atoms with Crippen LogP contribution in [0.4, 0.5) is 0 Å². The molecule has 4 aromatic rings. The lowest BCUT2D eigenvalue weighted by molar-refractivity contribution is 0.118. The van der Waals surface area contributed by atoms with Gasteiger partial charge < -0.3 is 14.6 Å². The zero-order valence-electron chi connectivity index (χ0n) is 24.8. The Morgan fingerprint density at radius 2 is 1.62 bits per heavy atom. The van der Waals surface area contributed by atoms with Gasteiger partial charge in [-0.1, -0.05) is 85.3 Å². The van der Waals surface area contributed by atoms with E-state index < -0.39 is 0 Å². The number of aryl methyl sites for hydroxylation is 1. The van der Waals surface area contributed by atoms with Crippen molar-refractivity contribution in [3.63, 3.8) is 0 Å². The van der Waals surface area contributed by atoms with Crippen LogP contribution in [0.2, 0.25) is 0 Å². The lowest BCUT2D eigenvalue weighted by Crippen LogP contribution is -2.33. The van der Waals surface area contributed by atoms with Gasteiger partial charge in [0.15, 0.2) is 0 Å². The number of hydrogen-bond acceptors (Lipinski definition) is 6. The molecule has 0 saturated carbocycles. The van der Waals surface area contributed by atoms with E-state index in [1.54, 1.807) is 0 Å². The standard InChI is InChI=1S/C34H44N2O3S/c1-7-12-25-15-11-16-26(21-25)19-20-36(22-27-13-9-8-10-14-27)29(23-37)28-17-18-30(39-34(4,5)6)31-32(28)40-33(35-31)38-24(2)3/h8-11,13-18,21,24,29,37H,7,12,19-20,22-23H2,1-6H3/t29-/m0/s1. The van der Waals surface area contributed by atoms with Crippen molar-refractivity contribution in [3.05, 3.63) is 89.0 Å². The highest BCUT2D eigenvalue weighted by atomic mass is 32.1. The van der Waals surface area contributed by atoms with Crippen LogP contribution in [0.25, 0.3) is 10.2 Å². The zero-order valence-corrected chi connectivity index (χ0v) is 25.6. The molecule has 1 aromatic heterocycles. The van der Waals surface area contributed by atoms with Gasteiger partial charge in [-0.2, -0.15) is 4.98 Å². The number of rotatable bonds is 13. The molecule has 1 heterocycles. The summed E-state index contributed by atoms with van der Waals surface area (Å²) in [7, 11) is 0. The molecule has 0 fully saturated rings. The van der Waals surface area contributed by atoms with Crippen molar-refractivity contribution in [2.45, 2.75) is 85.1 Å². The fraction of sp³-hybridized carbons (Fsp3) is 0.441. The predicted octanol–water partition coefficient (Wildman–Crippen LogP) is 7.99. The summed E-state index contributed by atoms with van der Waals surface area (Å²) in [4.78, 5) is 7.24. The van der Waals surface area contributed by atoms with Crippen LogP contribution >= 0.6 is 11.3 Å². The second kappa shape index (κ2) is 13.6. The maximum Gasteiger partial charge on any atom is 0.274 e. The summed E-state index contributed by atoms with van der Waals surface area (Å²) in [6.45, 7) is 13.9. The second-order valence-electron chi connectivity index (χ2n) is 11.7. The Labute approximate surface area is 243 Å². The van der Waals surface area contributed by atoms with Crippen LogP contribution in [0.1, 0.15) is 76.3 Å². The summed E-state index contributed by atoms with van der Waals surface area (Å²) in [6.07, 6.45) is 3.15. The molecule has 1 atom stereocenters. The zero-order chi connectivity index (χ0) is 28.7. The SMILES string of the molecule is CCCc1cccc(CCN(Cc2ccccc2)[C@@H](CO)c2ccc(OC(C)(C)C)c3nc(OC(C)C)sc23)c1. The maximum atomic E-state index is 10.9. The molecule has 3 aromatic carbocycles. The maximum absolute atomic E-state index is 10.9. The average molecular weight is 561 g/mol. The number of benzene rings is 3. The highest BCUT2D eigenvalue weighted by Gasteiger charge is 2.26. The smallest absolute Gasteiger partial charge is 0.274 e. The summed E-state index contributed by atoms with van der Waals surface area (Å²) in [6, 6.07) is 23.3. The van der Waals surface area contributed by atoms with Crippen LogP contribution in [0.3, 0.4) is 0 Å². The molecule has 5 nitrogen and oxygen atoms in total. The van der Waals surface area contributed by atoms with Gasteiger partial charge in [0, 0.05) is 13.1 Å². The molecule has 0 aliphatic heterocycles. The number of aromatic nitrogens is 1. The molecule has 6 heteroatoms. The number of thiazole rings is 1. The molecule has 0 aliphatic rings. The minimum Gasteiger partial charge on any atom is -0.486 e. The minimum atomic E-state index is -0.362. The third-order valence-corrected chi connectivity index (χ3v) is 7.68. The summed E-state index contributed by atoms with van der Waals surface area (Å²) >= 11 is 1.53. The van der Waals surface area contributed by atoms with Crippen LogP contribution in [0.5, 0.6) is 10.9 Å². The van der Waals surface area contributed by atoms with Gasteiger partial charge in [0.1, 0.15) is 16.9 Å². The summed E-state index contributed by atoms with van der Waals surface area (Å²) in [5, 5.41) is 11.5. The van der Waals surface area contributed by atoms with Crippen molar-refractivity contribution >= 4 is 21.6 Å². The van der Waals surface area contributed by atoms with Gasteiger partial charge in [0.25, 0.3) is 5.19 Å². The van der Waals surface area contributed by atoms with Crippen molar-refractivity contribution in [3.8, 4) is 10.9 Å². The second-order valence-corrected chi connectivity index (χ2v) is 12.6. The van der Waals surface area contributed by atoms with Gasteiger partial charge >= 0.3 is 0 Å². The van der Waals surface area contributed by atoms with Crippen LogP contribution in [-0.2, 0) is 19.4 Å². The topological polar surface area (TPSA) is 54.8 Å². The van der Waals surface area contributed by atoms with Crippen LogP contribution in [-0.4, -0.2) is 39.8 Å². The molecule has 40 heavy (non-hydrogen) atoms. The summed E-state index contributed by atoms with van der Waals surface area (Å²) in [5.41, 5.74) is 5.40. The van der Waals surface area contributed by atoms with E-state index in [1.807, 2.05) is 46.8 Å². The molecule has 0 saturated heterocycles. The van der Waals surface area contributed by atoms with Gasteiger partial charge in [-0.3, -0.25) is 4.90 Å². The largest absolute Gasteiger partial charge is 0.486 e. The lowest BCUT2D eigenvalue weighted by atomic mass is 10.0. The average Bonchev–Trinajstić information content (AvgIpc) is 3.32. The van der Waals surface area contributed by atoms with E-state index in [0.29, 0.717) is 5.19 Å². The number of hydrogen-bond donors (Lipinski definition) is 1. The highest BCUT2D eigenvalue weighted by molar-refractivity contribution is 7.20. The minimum absolute atomic E-state index is 0.00441. The van der Waals surface area contributed by atoms with E-state index in [9.17, 15) is 5.11 Å². The van der Waals surface area contributed by atoms with Crippen molar-refractivity contribution in [2.75, 3.05) is 13.2 Å². The quantitative estimate of drug-likeness (QED) is 0.180. The normalized spacial score (nSPS) is 12.8. The number of ether oxygens (including phenoxy) is 2. The molecule has 0 bridgehead atoms. The van der Waals surface area contributed by atoms with Crippen LogP contribution < -0.4 is 9.47 Å². The van der Waals surface area contributed by atoms with Gasteiger partial charge in [-0.15, -0.1) is 0 Å². The van der Waals surface area contributed by atoms with E-state index in [2.05, 4.69) is 66.4 Å². The van der Waals surface area contributed by atoms with Crippen LogP contribution in [0.15, 0.2) is 66.7 Å². The first-order chi connectivity index (χ1) is 19.2. The number of nitrogens with zero attached hydrogens (tertiary/aromatic N) is 2. The fourth-order valence-electron chi connectivity index (χ4n) is 4.99. The predicted molar refractivity (Wildman–Crippen MR) is 167 cm³/mol. The Kier molecular flexibility index (Phi) is 10.2. The monoisotopic (exact) mass is 560 g/mol. The van der Waals surface area contributed by atoms with Crippen LogP contribution in [0, 0.1) is 0 Å². The van der Waals surface area contributed by atoms with E-state index in [-0.39, 0.29) is 24.4 Å². The first kappa shape index (κ1) is 30.0. The Bertz CT molecular complexity index is 1360. The van der Waals surface area contributed by atoms with Gasteiger partial charge in [0.2, 0.25) is 0 Å². The van der Waals surface area contributed by atoms with Gasteiger partial charge in [0.05, 0.1) is 23.5 Å². The summed E-state index contributed by atoms with van der Waals surface area (Å²) < 4.78 is 13.3. The number of aliphatic hydroxyl groups is 1. The number of fused-ring (bicyclic) bond motifs is 1. The Hall–Kier alpha value is -2.93. The number of aliphatic hydroxyl groups excluding tert-OH is 1. The van der Waals surface area contributed by atoms with E-state index in [1.165, 1.54) is 28.0 Å². The molecular formula is C34H44N2O3S. The Balaban J connectivity index is 1.73. The molecule has 0 radical (unpaired) electrons. The van der Waals surface area contributed by atoms with Crippen molar-refractivity contribution in [2.24, 2.45) is 0 Å². The van der Waals surface area contributed by atoms with Crippen molar-refractivity contribution in [1.29, 1.82) is 0 Å². The van der Waals surface area contributed by atoms with Crippen molar-refractivity contribution in [1.82, 2.24) is 9.88 Å². The third-order valence-electron chi connectivity index (χ3n) is 6.69. The highest BCUT2D eigenvalue weighted by Crippen LogP contribution is 2.41. The first-order valence-electron chi connectivity index (χ1n) is 14.4. The molecule has 4 rings (SSSR count). The van der Waals surface area contributed by atoms with Gasteiger partial charge in [-0.05, 0) is 75.8 Å². The molecule has 214 valence electrons. The molecule has 0 unspecified atom stereocenters.